The topological polar surface area (TPSA) is 33.5 Å². The molecule has 3 rings (SSSR count). The number of aryl methyl sites for hydroxylation is 1. The van der Waals surface area contributed by atoms with Gasteiger partial charge in [0.15, 0.2) is 6.04 Å². The molecule has 3 nitrogen and oxygen atoms in total. The second-order valence-electron chi connectivity index (χ2n) is 7.86. The van der Waals surface area contributed by atoms with Crippen molar-refractivity contribution in [2.75, 3.05) is 18.4 Å². The van der Waals surface area contributed by atoms with E-state index in [1.54, 1.807) is 0 Å². The molecule has 142 valence electrons. The van der Waals surface area contributed by atoms with Crippen LogP contribution >= 0.6 is 0 Å². The average Bonchev–Trinajstić information content (AvgIpc) is 2.69. The number of hydrogen-bond acceptors (Lipinski definition) is 1. The van der Waals surface area contributed by atoms with Crippen molar-refractivity contribution >= 4 is 17.2 Å². The first-order valence-electron chi connectivity index (χ1n) is 9.96. The summed E-state index contributed by atoms with van der Waals surface area (Å²) in [6.07, 6.45) is 3.31. The lowest BCUT2D eigenvalue weighted by Gasteiger charge is -2.29. The predicted octanol–water partition coefficient (Wildman–Crippen LogP) is 3.82. The molecule has 1 unspecified atom stereocenters. The maximum Gasteiger partial charge on any atom is 0.282 e. The minimum Gasteiger partial charge on any atom is -0.321 e. The van der Waals surface area contributed by atoms with E-state index >= 15 is 0 Å². The molecule has 0 saturated heterocycles. The van der Waals surface area contributed by atoms with E-state index < -0.39 is 0 Å². The van der Waals surface area contributed by atoms with Crippen molar-refractivity contribution < 1.29 is 9.69 Å². The van der Waals surface area contributed by atoms with Gasteiger partial charge in [0.1, 0.15) is 0 Å². The van der Waals surface area contributed by atoms with E-state index in [1.165, 1.54) is 21.6 Å². The quantitative estimate of drug-likeness (QED) is 0.832. The number of carbonyl (C=O) groups is 1. The van der Waals surface area contributed by atoms with Gasteiger partial charge in [-0.05, 0) is 48.1 Å². The molecule has 2 aromatic carbocycles. The van der Waals surface area contributed by atoms with E-state index in [9.17, 15) is 4.79 Å². The van der Waals surface area contributed by atoms with Crippen LogP contribution in [0.2, 0.25) is 0 Å². The van der Waals surface area contributed by atoms with E-state index in [0.717, 1.165) is 30.8 Å². The molecule has 1 aliphatic rings. The summed E-state index contributed by atoms with van der Waals surface area (Å²) in [5, 5.41) is 3.22. The monoisotopic (exact) mass is 363 g/mol. The molecule has 1 amide bonds. The lowest BCUT2D eigenvalue weighted by atomic mass is 9.97. The standard InChI is InChI=1S/C24H30N2O/c1-17(2)22-12-8-9-18(3)23(22)25-24(27)19(4)26-15-13-21(14-16-26)20-10-6-5-7-11-20/h5-13,17,19H,14-16H2,1-4H3,(H,25,27)/p+1/t19-/m0/s1. The fourth-order valence-corrected chi connectivity index (χ4v) is 3.82. The van der Waals surface area contributed by atoms with Gasteiger partial charge < -0.3 is 10.2 Å². The molecule has 2 atom stereocenters. The number of nitrogens with one attached hydrogen (secondary N) is 2. The third-order valence-corrected chi connectivity index (χ3v) is 5.65. The second-order valence-corrected chi connectivity index (χ2v) is 7.86. The van der Waals surface area contributed by atoms with E-state index in [4.69, 9.17) is 0 Å². The van der Waals surface area contributed by atoms with Crippen molar-refractivity contribution in [3.05, 3.63) is 71.3 Å². The molecule has 1 aliphatic heterocycles. The second kappa shape index (κ2) is 8.53. The molecular weight excluding hydrogens is 332 g/mol. The van der Waals surface area contributed by atoms with Gasteiger partial charge in [-0.2, -0.15) is 0 Å². The largest absolute Gasteiger partial charge is 0.321 e. The number of anilines is 1. The van der Waals surface area contributed by atoms with Crippen molar-refractivity contribution in [3.63, 3.8) is 0 Å². The molecule has 0 aromatic heterocycles. The lowest BCUT2D eigenvalue weighted by Crippen LogP contribution is -3.17. The first kappa shape index (κ1) is 19.4. The summed E-state index contributed by atoms with van der Waals surface area (Å²) >= 11 is 0. The van der Waals surface area contributed by atoms with Crippen molar-refractivity contribution in [1.29, 1.82) is 0 Å². The summed E-state index contributed by atoms with van der Waals surface area (Å²) in [5.74, 6) is 0.493. The summed E-state index contributed by atoms with van der Waals surface area (Å²) in [4.78, 5) is 14.3. The van der Waals surface area contributed by atoms with Crippen LogP contribution in [0, 0.1) is 6.92 Å². The summed E-state index contributed by atoms with van der Waals surface area (Å²) in [5.41, 5.74) is 6.02. The fourth-order valence-electron chi connectivity index (χ4n) is 3.82. The first-order chi connectivity index (χ1) is 13.0. The van der Waals surface area contributed by atoms with Crippen LogP contribution in [0.25, 0.3) is 5.57 Å². The lowest BCUT2D eigenvalue weighted by molar-refractivity contribution is -0.909. The molecule has 0 saturated carbocycles. The summed E-state index contributed by atoms with van der Waals surface area (Å²) in [6, 6.07) is 16.7. The van der Waals surface area contributed by atoms with Crippen molar-refractivity contribution in [3.8, 4) is 0 Å². The Bertz CT molecular complexity index is 824. The summed E-state index contributed by atoms with van der Waals surface area (Å²) < 4.78 is 0. The minimum atomic E-state index is -0.0711. The molecule has 2 N–H and O–H groups in total. The minimum absolute atomic E-state index is 0.0711. The van der Waals surface area contributed by atoms with Gasteiger partial charge in [-0.15, -0.1) is 0 Å². The van der Waals surface area contributed by atoms with Crippen LogP contribution in [0.15, 0.2) is 54.6 Å². The van der Waals surface area contributed by atoms with E-state index in [1.807, 2.05) is 13.0 Å². The Morgan fingerprint density at radius 2 is 1.78 bits per heavy atom. The third-order valence-electron chi connectivity index (χ3n) is 5.65. The maximum atomic E-state index is 12.9. The highest BCUT2D eigenvalue weighted by molar-refractivity contribution is 5.95. The highest BCUT2D eigenvalue weighted by Crippen LogP contribution is 2.27. The van der Waals surface area contributed by atoms with Crippen LogP contribution in [0.4, 0.5) is 5.69 Å². The Kier molecular flexibility index (Phi) is 6.12. The van der Waals surface area contributed by atoms with Crippen LogP contribution in [0.1, 0.15) is 49.8 Å². The first-order valence-corrected chi connectivity index (χ1v) is 9.96. The Morgan fingerprint density at radius 3 is 2.41 bits per heavy atom. The predicted molar refractivity (Wildman–Crippen MR) is 113 cm³/mol. The Morgan fingerprint density at radius 1 is 1.04 bits per heavy atom. The molecule has 0 spiro atoms. The van der Waals surface area contributed by atoms with Crippen LogP contribution < -0.4 is 10.2 Å². The van der Waals surface area contributed by atoms with Crippen LogP contribution in [-0.2, 0) is 4.79 Å². The highest BCUT2D eigenvalue weighted by Gasteiger charge is 2.28. The van der Waals surface area contributed by atoms with E-state index in [0.29, 0.717) is 5.92 Å². The summed E-state index contributed by atoms with van der Waals surface area (Å²) in [7, 11) is 0. The average molecular weight is 364 g/mol. The van der Waals surface area contributed by atoms with E-state index in [2.05, 4.69) is 74.6 Å². The molecular formula is C24H31N2O+. The van der Waals surface area contributed by atoms with Gasteiger partial charge in [-0.25, -0.2) is 0 Å². The number of carbonyl (C=O) groups excluding carboxylic acids is 1. The molecule has 0 fully saturated rings. The Labute approximate surface area is 163 Å². The van der Waals surface area contributed by atoms with Gasteiger partial charge in [-0.3, -0.25) is 4.79 Å². The van der Waals surface area contributed by atoms with Crippen molar-refractivity contribution in [1.82, 2.24) is 0 Å². The van der Waals surface area contributed by atoms with Crippen LogP contribution in [-0.4, -0.2) is 25.0 Å². The van der Waals surface area contributed by atoms with Gasteiger partial charge in [0.05, 0.1) is 13.1 Å². The molecule has 27 heavy (non-hydrogen) atoms. The molecule has 2 aromatic rings. The molecule has 3 heteroatoms. The van der Waals surface area contributed by atoms with Crippen molar-refractivity contribution in [2.24, 2.45) is 0 Å². The number of amides is 1. The number of quaternary nitrogens is 1. The zero-order valence-electron chi connectivity index (χ0n) is 16.9. The number of para-hydroxylation sites is 1. The van der Waals surface area contributed by atoms with Crippen LogP contribution in [0.5, 0.6) is 0 Å². The molecule has 0 aliphatic carbocycles. The number of hydrogen-bond donors (Lipinski definition) is 2. The zero-order valence-corrected chi connectivity index (χ0v) is 16.9. The molecule has 0 bridgehead atoms. The summed E-state index contributed by atoms with van der Waals surface area (Å²) in [6.45, 7) is 10.3. The Hall–Kier alpha value is -2.39. The SMILES string of the molecule is Cc1cccc(C(C)C)c1NC(=O)[C@H](C)[NH+]1CC=C(c2ccccc2)CC1. The number of benzene rings is 2. The van der Waals surface area contributed by atoms with Gasteiger partial charge in [0, 0.05) is 12.1 Å². The maximum absolute atomic E-state index is 12.9. The van der Waals surface area contributed by atoms with Gasteiger partial charge in [0.25, 0.3) is 5.91 Å². The fraction of sp³-hybridized carbons (Fsp3) is 0.375. The van der Waals surface area contributed by atoms with Gasteiger partial charge >= 0.3 is 0 Å². The van der Waals surface area contributed by atoms with Crippen molar-refractivity contribution in [2.45, 2.75) is 46.1 Å². The smallest absolute Gasteiger partial charge is 0.282 e. The van der Waals surface area contributed by atoms with Crippen LogP contribution in [0.3, 0.4) is 0 Å². The van der Waals surface area contributed by atoms with Gasteiger partial charge in [-0.1, -0.05) is 62.4 Å². The Balaban J connectivity index is 1.68. The highest BCUT2D eigenvalue weighted by atomic mass is 16.2. The van der Waals surface area contributed by atoms with Gasteiger partial charge in [0.2, 0.25) is 0 Å². The zero-order chi connectivity index (χ0) is 19.4. The number of rotatable bonds is 5. The third kappa shape index (κ3) is 4.48. The molecule has 1 heterocycles. The normalized spacial score (nSPS) is 18.1. The van der Waals surface area contributed by atoms with E-state index in [-0.39, 0.29) is 11.9 Å². The molecule has 0 radical (unpaired) electrons.